The summed E-state index contributed by atoms with van der Waals surface area (Å²) in [6.45, 7) is 2.17. The average Bonchev–Trinajstić information content (AvgIpc) is 2.74. The van der Waals surface area contributed by atoms with Crippen molar-refractivity contribution in [2.45, 2.75) is 64.0 Å². The highest BCUT2D eigenvalue weighted by molar-refractivity contribution is 5.82. The molecule has 1 saturated carbocycles. The molecule has 2 nitrogen and oxygen atoms in total. The maximum absolute atomic E-state index is 12.4. The topological polar surface area (TPSA) is 20.3 Å². The minimum atomic E-state index is 0.306. The number of rotatable bonds is 3. The molecule has 1 aliphatic carbocycles. The number of carbonyl (C=O) groups is 1. The van der Waals surface area contributed by atoms with Gasteiger partial charge in [0.05, 0.1) is 0 Å². The summed E-state index contributed by atoms with van der Waals surface area (Å²) in [5.74, 6) is 0.840. The molecule has 114 valence electrons. The zero-order valence-corrected chi connectivity index (χ0v) is 13.0. The highest BCUT2D eigenvalue weighted by atomic mass is 16.1. The van der Waals surface area contributed by atoms with Crippen molar-refractivity contribution in [2.75, 3.05) is 6.54 Å². The molecule has 2 aliphatic rings. The van der Waals surface area contributed by atoms with E-state index in [1.54, 1.807) is 0 Å². The Kier molecular flexibility index (Phi) is 5.08. The fraction of sp³-hybridized carbons (Fsp3) is 0.632. The van der Waals surface area contributed by atoms with Crippen molar-refractivity contribution in [2.24, 2.45) is 5.92 Å². The van der Waals surface area contributed by atoms with Gasteiger partial charge in [-0.25, -0.2) is 0 Å². The lowest BCUT2D eigenvalue weighted by molar-refractivity contribution is -0.127. The number of carbonyl (C=O) groups excluding carboxylic acids is 1. The summed E-state index contributed by atoms with van der Waals surface area (Å²) in [5.41, 5.74) is 1.38. The van der Waals surface area contributed by atoms with Crippen molar-refractivity contribution in [3.8, 4) is 0 Å². The highest BCUT2D eigenvalue weighted by Gasteiger charge is 2.34. The molecule has 1 aliphatic heterocycles. The number of ketones is 1. The SMILES string of the molecule is O=C1CCCC[C@H]1[C@H]1CCCCCN1Cc1ccccc1. The Labute approximate surface area is 128 Å². The van der Waals surface area contributed by atoms with E-state index in [2.05, 4.69) is 35.2 Å². The van der Waals surface area contributed by atoms with Crippen molar-refractivity contribution in [1.82, 2.24) is 4.90 Å². The molecule has 0 bridgehead atoms. The van der Waals surface area contributed by atoms with Gasteiger partial charge in [-0.15, -0.1) is 0 Å². The van der Waals surface area contributed by atoms with Gasteiger partial charge in [0.25, 0.3) is 0 Å². The van der Waals surface area contributed by atoms with Gasteiger partial charge < -0.3 is 0 Å². The predicted molar refractivity (Wildman–Crippen MR) is 86.1 cm³/mol. The minimum absolute atomic E-state index is 0.306. The van der Waals surface area contributed by atoms with E-state index in [1.807, 2.05) is 0 Å². The molecule has 3 rings (SSSR count). The second-order valence-electron chi connectivity index (χ2n) is 6.69. The van der Waals surface area contributed by atoms with Gasteiger partial charge in [-0.1, -0.05) is 49.6 Å². The molecular formula is C19H27NO. The van der Waals surface area contributed by atoms with Crippen LogP contribution in [0.15, 0.2) is 30.3 Å². The van der Waals surface area contributed by atoms with E-state index in [9.17, 15) is 4.79 Å². The first-order chi connectivity index (χ1) is 10.3. The van der Waals surface area contributed by atoms with Crippen LogP contribution < -0.4 is 0 Å². The molecule has 0 aromatic heterocycles. The third kappa shape index (κ3) is 3.74. The van der Waals surface area contributed by atoms with Gasteiger partial charge in [0, 0.05) is 24.9 Å². The molecule has 2 fully saturated rings. The number of Topliss-reactive ketones (excluding diaryl/α,β-unsaturated/α-hetero) is 1. The summed E-state index contributed by atoms with van der Waals surface area (Å²) in [5, 5.41) is 0. The van der Waals surface area contributed by atoms with Crippen LogP contribution in [0.5, 0.6) is 0 Å². The van der Waals surface area contributed by atoms with Crippen molar-refractivity contribution in [1.29, 1.82) is 0 Å². The Hall–Kier alpha value is -1.15. The van der Waals surface area contributed by atoms with Crippen LogP contribution in [0, 0.1) is 5.92 Å². The largest absolute Gasteiger partial charge is 0.299 e. The molecule has 1 saturated heterocycles. The van der Waals surface area contributed by atoms with Crippen LogP contribution in [0.25, 0.3) is 0 Å². The predicted octanol–water partition coefficient (Wildman–Crippen LogP) is 4.19. The summed E-state index contributed by atoms with van der Waals surface area (Å²) in [7, 11) is 0. The summed E-state index contributed by atoms with van der Waals surface area (Å²) >= 11 is 0. The number of hydrogen-bond donors (Lipinski definition) is 0. The van der Waals surface area contributed by atoms with Crippen LogP contribution in [0.2, 0.25) is 0 Å². The summed E-state index contributed by atoms with van der Waals surface area (Å²) in [4.78, 5) is 15.0. The van der Waals surface area contributed by atoms with Gasteiger partial charge in [0.15, 0.2) is 0 Å². The van der Waals surface area contributed by atoms with Crippen LogP contribution in [0.1, 0.15) is 56.9 Å². The minimum Gasteiger partial charge on any atom is -0.299 e. The lowest BCUT2D eigenvalue weighted by atomic mass is 9.80. The molecule has 1 aromatic carbocycles. The van der Waals surface area contributed by atoms with Crippen LogP contribution in [0.4, 0.5) is 0 Å². The zero-order chi connectivity index (χ0) is 14.5. The van der Waals surface area contributed by atoms with Crippen LogP contribution >= 0.6 is 0 Å². The summed E-state index contributed by atoms with van der Waals surface area (Å²) in [6, 6.07) is 11.2. The molecule has 0 radical (unpaired) electrons. The monoisotopic (exact) mass is 285 g/mol. The molecule has 0 N–H and O–H groups in total. The van der Waals surface area contributed by atoms with E-state index < -0.39 is 0 Å². The van der Waals surface area contributed by atoms with E-state index in [-0.39, 0.29) is 0 Å². The van der Waals surface area contributed by atoms with E-state index in [1.165, 1.54) is 37.7 Å². The third-order valence-electron chi connectivity index (χ3n) is 5.21. The van der Waals surface area contributed by atoms with Gasteiger partial charge in [-0.3, -0.25) is 9.69 Å². The molecule has 1 aromatic rings. The molecule has 2 atom stereocenters. The van der Waals surface area contributed by atoms with Crippen LogP contribution in [-0.4, -0.2) is 23.3 Å². The van der Waals surface area contributed by atoms with Crippen molar-refractivity contribution < 1.29 is 4.79 Å². The molecule has 0 amide bonds. The standard InChI is InChI=1S/C19H27NO/c21-19-13-7-6-11-17(19)18-12-5-2-8-14-20(18)15-16-9-3-1-4-10-16/h1,3-4,9-10,17-18H,2,5-8,11-15H2/t17-,18+/m0/s1. The molecule has 2 heteroatoms. The van der Waals surface area contributed by atoms with E-state index in [4.69, 9.17) is 0 Å². The third-order valence-corrected chi connectivity index (χ3v) is 5.21. The number of likely N-dealkylation sites (tertiary alicyclic amines) is 1. The van der Waals surface area contributed by atoms with Crippen molar-refractivity contribution >= 4 is 5.78 Å². The average molecular weight is 285 g/mol. The number of benzene rings is 1. The fourth-order valence-electron chi connectivity index (χ4n) is 4.08. The molecular weight excluding hydrogens is 258 g/mol. The van der Waals surface area contributed by atoms with Gasteiger partial charge in [-0.05, 0) is 37.8 Å². The van der Waals surface area contributed by atoms with Gasteiger partial charge in [-0.2, -0.15) is 0 Å². The number of hydrogen-bond acceptors (Lipinski definition) is 2. The number of nitrogens with zero attached hydrogens (tertiary/aromatic N) is 1. The van der Waals surface area contributed by atoms with Gasteiger partial charge in [0.2, 0.25) is 0 Å². The maximum atomic E-state index is 12.4. The van der Waals surface area contributed by atoms with Crippen molar-refractivity contribution in [3.05, 3.63) is 35.9 Å². The van der Waals surface area contributed by atoms with E-state index >= 15 is 0 Å². The quantitative estimate of drug-likeness (QED) is 0.830. The second kappa shape index (κ2) is 7.22. The Bertz CT molecular complexity index is 456. The van der Waals surface area contributed by atoms with Crippen LogP contribution in [0.3, 0.4) is 0 Å². The smallest absolute Gasteiger partial charge is 0.137 e. The van der Waals surface area contributed by atoms with E-state index in [0.717, 1.165) is 32.4 Å². The Balaban J connectivity index is 1.75. The van der Waals surface area contributed by atoms with Crippen molar-refractivity contribution in [3.63, 3.8) is 0 Å². The highest BCUT2D eigenvalue weighted by Crippen LogP contribution is 2.32. The van der Waals surface area contributed by atoms with Crippen LogP contribution in [-0.2, 0) is 11.3 Å². The Morgan fingerprint density at radius 2 is 1.76 bits per heavy atom. The normalized spacial score (nSPS) is 28.3. The first-order valence-corrected chi connectivity index (χ1v) is 8.65. The zero-order valence-electron chi connectivity index (χ0n) is 13.0. The van der Waals surface area contributed by atoms with E-state index in [0.29, 0.717) is 17.7 Å². The first-order valence-electron chi connectivity index (χ1n) is 8.65. The summed E-state index contributed by atoms with van der Waals surface area (Å²) < 4.78 is 0. The summed E-state index contributed by atoms with van der Waals surface area (Å²) in [6.07, 6.45) is 9.40. The molecule has 21 heavy (non-hydrogen) atoms. The fourth-order valence-corrected chi connectivity index (χ4v) is 4.08. The molecule has 1 heterocycles. The molecule has 0 unspecified atom stereocenters. The Morgan fingerprint density at radius 1 is 0.952 bits per heavy atom. The Morgan fingerprint density at radius 3 is 2.57 bits per heavy atom. The first kappa shape index (κ1) is 14.8. The lowest BCUT2D eigenvalue weighted by Crippen LogP contribution is -2.43. The maximum Gasteiger partial charge on any atom is 0.137 e. The second-order valence-corrected chi connectivity index (χ2v) is 6.69. The molecule has 0 spiro atoms. The van der Waals surface area contributed by atoms with Gasteiger partial charge in [0.1, 0.15) is 5.78 Å². The van der Waals surface area contributed by atoms with Gasteiger partial charge >= 0.3 is 0 Å². The lowest BCUT2D eigenvalue weighted by Gasteiger charge is -2.37.